The third kappa shape index (κ3) is 5.23. The molecule has 1 heterocycles. The predicted octanol–water partition coefficient (Wildman–Crippen LogP) is 0.994. The van der Waals surface area contributed by atoms with E-state index in [1.165, 1.54) is 19.3 Å². The van der Waals surface area contributed by atoms with Crippen LogP contribution in [0.2, 0.25) is 0 Å². The molecule has 4 nitrogen and oxygen atoms in total. The van der Waals surface area contributed by atoms with Crippen molar-refractivity contribution in [1.29, 1.82) is 0 Å². The van der Waals surface area contributed by atoms with Crippen molar-refractivity contribution in [1.82, 2.24) is 10.2 Å². The maximum Gasteiger partial charge on any atom is 0.234 e. The van der Waals surface area contributed by atoms with Gasteiger partial charge in [-0.25, -0.2) is 0 Å². The van der Waals surface area contributed by atoms with Crippen molar-refractivity contribution in [2.24, 2.45) is 11.7 Å². The molecule has 3 N–H and O–H groups in total. The molecular weight excluding hydrogens is 238 g/mol. The molecule has 5 heteroatoms. The molecule has 1 rings (SSSR count). The van der Waals surface area contributed by atoms with Crippen molar-refractivity contribution in [3.63, 3.8) is 0 Å². The molecule has 0 aromatic heterocycles. The van der Waals surface area contributed by atoms with Gasteiger partial charge < -0.3 is 11.1 Å². The Morgan fingerprint density at radius 2 is 2.06 bits per heavy atom. The van der Waals surface area contributed by atoms with Crippen molar-refractivity contribution < 1.29 is 4.79 Å². The lowest BCUT2D eigenvalue weighted by Gasteiger charge is -2.35. The van der Waals surface area contributed by atoms with Crippen LogP contribution in [0.5, 0.6) is 0 Å². The van der Waals surface area contributed by atoms with Gasteiger partial charge in [0.25, 0.3) is 0 Å². The molecular formula is C12H26ClN3O. The van der Waals surface area contributed by atoms with Crippen molar-refractivity contribution in [3.05, 3.63) is 0 Å². The molecule has 1 saturated heterocycles. The fourth-order valence-electron chi connectivity index (χ4n) is 2.54. The zero-order valence-electron chi connectivity index (χ0n) is 10.9. The van der Waals surface area contributed by atoms with Crippen molar-refractivity contribution in [3.8, 4) is 0 Å². The molecule has 0 bridgehead atoms. The first kappa shape index (κ1) is 16.7. The number of primary amides is 1. The number of hydrogen-bond acceptors (Lipinski definition) is 3. The molecule has 102 valence electrons. The van der Waals surface area contributed by atoms with Crippen LogP contribution in [-0.4, -0.2) is 43.5 Å². The highest BCUT2D eigenvalue weighted by Crippen LogP contribution is 2.22. The molecule has 1 fully saturated rings. The summed E-state index contributed by atoms with van der Waals surface area (Å²) < 4.78 is 0. The van der Waals surface area contributed by atoms with E-state index in [2.05, 4.69) is 10.2 Å². The van der Waals surface area contributed by atoms with E-state index >= 15 is 0 Å². The predicted molar refractivity (Wildman–Crippen MR) is 73.4 cm³/mol. The van der Waals surface area contributed by atoms with Crippen LogP contribution in [0.15, 0.2) is 0 Å². The van der Waals surface area contributed by atoms with Crippen LogP contribution in [0.3, 0.4) is 0 Å². The quantitative estimate of drug-likeness (QED) is 0.752. The fourth-order valence-corrected chi connectivity index (χ4v) is 2.54. The largest absolute Gasteiger partial charge is 0.368 e. The number of carbonyl (C=O) groups is 1. The number of nitrogens with one attached hydrogen (secondary N) is 1. The third-order valence-electron chi connectivity index (χ3n) is 3.61. The Kier molecular flexibility index (Phi) is 8.56. The second-order valence-corrected chi connectivity index (χ2v) is 4.70. The lowest BCUT2D eigenvalue weighted by molar-refractivity contribution is -0.124. The molecule has 0 spiro atoms. The molecule has 1 aliphatic heterocycles. The number of nitrogens with two attached hydrogens (primary N) is 1. The molecule has 0 saturated carbocycles. The van der Waals surface area contributed by atoms with Gasteiger partial charge in [0.15, 0.2) is 0 Å². The van der Waals surface area contributed by atoms with E-state index in [1.54, 1.807) is 0 Å². The average Bonchev–Trinajstić information content (AvgIpc) is 2.28. The van der Waals surface area contributed by atoms with Gasteiger partial charge in [-0.3, -0.25) is 9.69 Å². The molecule has 1 unspecified atom stereocenters. The molecule has 0 aliphatic carbocycles. The molecule has 1 amide bonds. The highest BCUT2D eigenvalue weighted by atomic mass is 35.5. The van der Waals surface area contributed by atoms with Crippen LogP contribution in [0.4, 0.5) is 0 Å². The zero-order chi connectivity index (χ0) is 12.0. The molecule has 0 aromatic carbocycles. The van der Waals surface area contributed by atoms with E-state index in [9.17, 15) is 4.79 Å². The number of likely N-dealkylation sites (tertiary alicyclic amines) is 1. The van der Waals surface area contributed by atoms with Crippen LogP contribution >= 0.6 is 12.4 Å². The number of hydrogen-bond donors (Lipinski definition) is 2. The molecule has 0 aromatic rings. The van der Waals surface area contributed by atoms with Gasteiger partial charge in [-0.2, -0.15) is 0 Å². The summed E-state index contributed by atoms with van der Waals surface area (Å²) in [5.74, 6) is 0.644. The summed E-state index contributed by atoms with van der Waals surface area (Å²) in [7, 11) is 2.00. The first-order valence-corrected chi connectivity index (χ1v) is 6.37. The summed E-state index contributed by atoms with van der Waals surface area (Å²) >= 11 is 0. The molecule has 1 aliphatic rings. The smallest absolute Gasteiger partial charge is 0.234 e. The van der Waals surface area contributed by atoms with E-state index in [4.69, 9.17) is 5.73 Å². The minimum Gasteiger partial charge on any atom is -0.368 e. The zero-order valence-corrected chi connectivity index (χ0v) is 11.8. The maximum atomic E-state index is 11.3. The second-order valence-electron chi connectivity index (χ2n) is 4.70. The SMILES string of the molecule is CCC(C(N)=O)N1CCC(CCNC)CC1.Cl. The Hall–Kier alpha value is -0.320. The summed E-state index contributed by atoms with van der Waals surface area (Å²) in [5.41, 5.74) is 5.40. The van der Waals surface area contributed by atoms with Crippen LogP contribution in [0, 0.1) is 5.92 Å². The van der Waals surface area contributed by atoms with Crippen LogP contribution < -0.4 is 11.1 Å². The van der Waals surface area contributed by atoms with Crippen LogP contribution in [0.25, 0.3) is 0 Å². The Labute approximate surface area is 111 Å². The van der Waals surface area contributed by atoms with Crippen molar-refractivity contribution in [2.75, 3.05) is 26.7 Å². The number of piperidine rings is 1. The van der Waals surface area contributed by atoms with Crippen LogP contribution in [0.1, 0.15) is 32.6 Å². The standard InChI is InChI=1S/C12H25N3O.ClH/c1-3-11(12(13)16)15-8-5-10(6-9-15)4-7-14-2;/h10-11,14H,3-9H2,1-2H3,(H2,13,16);1H. The summed E-state index contributed by atoms with van der Waals surface area (Å²) in [5, 5.41) is 3.19. The van der Waals surface area contributed by atoms with Gasteiger partial charge in [-0.05, 0) is 58.3 Å². The highest BCUT2D eigenvalue weighted by Gasteiger charge is 2.26. The second kappa shape index (κ2) is 8.72. The van der Waals surface area contributed by atoms with Gasteiger partial charge in [0.1, 0.15) is 0 Å². The Morgan fingerprint density at radius 3 is 2.47 bits per heavy atom. The first-order chi connectivity index (χ1) is 7.69. The van der Waals surface area contributed by atoms with Gasteiger partial charge in [0, 0.05) is 0 Å². The minimum absolute atomic E-state index is 0. The monoisotopic (exact) mass is 263 g/mol. The van der Waals surface area contributed by atoms with E-state index in [0.717, 1.165) is 32.0 Å². The number of carbonyl (C=O) groups excluding carboxylic acids is 1. The summed E-state index contributed by atoms with van der Waals surface area (Å²) in [6, 6.07) is -0.0507. The van der Waals surface area contributed by atoms with E-state index in [-0.39, 0.29) is 24.4 Å². The van der Waals surface area contributed by atoms with Gasteiger partial charge in [-0.15, -0.1) is 12.4 Å². The Bertz CT molecular complexity index is 218. The van der Waals surface area contributed by atoms with E-state index in [0.29, 0.717) is 0 Å². The highest BCUT2D eigenvalue weighted by molar-refractivity contribution is 5.85. The fraction of sp³-hybridized carbons (Fsp3) is 0.917. The number of halogens is 1. The van der Waals surface area contributed by atoms with Gasteiger partial charge in [0.05, 0.1) is 6.04 Å². The average molecular weight is 264 g/mol. The third-order valence-corrected chi connectivity index (χ3v) is 3.61. The lowest BCUT2D eigenvalue weighted by Crippen LogP contribution is -2.48. The van der Waals surface area contributed by atoms with E-state index < -0.39 is 0 Å². The summed E-state index contributed by atoms with van der Waals surface area (Å²) in [4.78, 5) is 13.5. The van der Waals surface area contributed by atoms with E-state index in [1.807, 2.05) is 14.0 Å². The summed E-state index contributed by atoms with van der Waals surface area (Å²) in [6.07, 6.45) is 4.48. The van der Waals surface area contributed by atoms with Crippen LogP contribution in [-0.2, 0) is 4.79 Å². The Balaban J connectivity index is 0.00000256. The Morgan fingerprint density at radius 1 is 1.47 bits per heavy atom. The first-order valence-electron chi connectivity index (χ1n) is 6.37. The lowest BCUT2D eigenvalue weighted by atomic mass is 9.92. The summed E-state index contributed by atoms with van der Waals surface area (Å²) in [6.45, 7) is 5.17. The van der Waals surface area contributed by atoms with Gasteiger partial charge in [0.2, 0.25) is 5.91 Å². The van der Waals surface area contributed by atoms with Crippen molar-refractivity contribution >= 4 is 18.3 Å². The topological polar surface area (TPSA) is 58.4 Å². The maximum absolute atomic E-state index is 11.3. The number of amides is 1. The molecule has 0 radical (unpaired) electrons. The number of rotatable bonds is 6. The van der Waals surface area contributed by atoms with Gasteiger partial charge >= 0.3 is 0 Å². The molecule has 17 heavy (non-hydrogen) atoms. The normalized spacial score (nSPS) is 19.6. The number of nitrogens with zero attached hydrogens (tertiary/aromatic N) is 1. The molecule has 1 atom stereocenters. The van der Waals surface area contributed by atoms with Crippen molar-refractivity contribution in [2.45, 2.75) is 38.6 Å². The minimum atomic E-state index is -0.170. The van der Waals surface area contributed by atoms with Gasteiger partial charge in [-0.1, -0.05) is 6.92 Å².